The van der Waals surface area contributed by atoms with E-state index in [1.807, 2.05) is 6.07 Å². The van der Waals surface area contributed by atoms with Gasteiger partial charge < -0.3 is 0 Å². The van der Waals surface area contributed by atoms with Crippen molar-refractivity contribution in [1.29, 1.82) is 0 Å². The van der Waals surface area contributed by atoms with E-state index in [4.69, 9.17) is 4.98 Å². The number of hydrogen-bond donors (Lipinski definition) is 0. The van der Waals surface area contributed by atoms with Crippen molar-refractivity contribution >= 4 is 38.1 Å². The number of benzene rings is 4. The van der Waals surface area contributed by atoms with Crippen molar-refractivity contribution in [2.45, 2.75) is 0 Å². The van der Waals surface area contributed by atoms with Crippen LogP contribution in [-0.4, -0.2) is 14.0 Å². The van der Waals surface area contributed by atoms with Crippen LogP contribution in [-0.2, 0) is 0 Å². The summed E-state index contributed by atoms with van der Waals surface area (Å²) in [7, 11) is 0. The van der Waals surface area contributed by atoms with Gasteiger partial charge in [-0.2, -0.15) is 0 Å². The molecule has 3 aromatic heterocycles. The number of hydrogen-bond acceptors (Lipinski definition) is 2. The first-order chi connectivity index (χ1) is 16.4. The van der Waals surface area contributed by atoms with Gasteiger partial charge >= 0.3 is 0 Å². The Labute approximate surface area is 194 Å². The zero-order valence-corrected chi connectivity index (χ0v) is 18.5. The summed E-state index contributed by atoms with van der Waals surface area (Å²) in [5.41, 5.74) is 6.91. The fraction of sp³-hybridized carbons (Fsp3) is 0. The Morgan fingerprint density at radius 1 is 0.576 bits per heavy atom. The lowest BCUT2D eigenvalue weighted by Gasteiger charge is -2.10. The van der Waals surface area contributed by atoms with Crippen molar-refractivity contribution in [1.82, 2.24) is 14.0 Å². The Kier molecular flexibility index (Phi) is 4.01. The molecular formula is C29H19N3S. The molecule has 7 aromatic rings. The second-order valence-electron chi connectivity index (χ2n) is 8.15. The third-order valence-electron chi connectivity index (χ3n) is 6.29. The van der Waals surface area contributed by atoms with Crippen molar-refractivity contribution in [2.75, 3.05) is 0 Å². The number of para-hydroxylation sites is 2. The Morgan fingerprint density at radius 3 is 1.85 bits per heavy atom. The van der Waals surface area contributed by atoms with Gasteiger partial charge in [-0.1, -0.05) is 91.0 Å². The Balaban J connectivity index is 1.50. The Bertz CT molecular complexity index is 1700. The minimum absolute atomic E-state index is 0.993. The van der Waals surface area contributed by atoms with Gasteiger partial charge in [-0.15, -0.1) is 11.3 Å². The van der Waals surface area contributed by atoms with Crippen LogP contribution in [0.5, 0.6) is 0 Å². The van der Waals surface area contributed by atoms with E-state index in [0.29, 0.717) is 0 Å². The smallest absolute Gasteiger partial charge is 0.195 e. The van der Waals surface area contributed by atoms with Crippen LogP contribution < -0.4 is 0 Å². The van der Waals surface area contributed by atoms with Gasteiger partial charge in [0.05, 0.1) is 11.0 Å². The molecule has 0 aliphatic rings. The van der Waals surface area contributed by atoms with Crippen LogP contribution in [0.2, 0.25) is 0 Å². The third-order valence-corrected chi connectivity index (χ3v) is 7.05. The highest BCUT2D eigenvalue weighted by Crippen LogP contribution is 2.37. The van der Waals surface area contributed by atoms with E-state index in [9.17, 15) is 0 Å². The lowest BCUT2D eigenvalue weighted by Crippen LogP contribution is -2.00. The van der Waals surface area contributed by atoms with Crippen LogP contribution in [0.15, 0.2) is 115 Å². The fourth-order valence-electron chi connectivity index (χ4n) is 4.78. The molecule has 0 N–H and O–H groups in total. The molecule has 156 valence electrons. The van der Waals surface area contributed by atoms with Crippen molar-refractivity contribution < 1.29 is 0 Å². The Hall–Kier alpha value is -4.15. The first-order valence-corrected chi connectivity index (χ1v) is 11.9. The van der Waals surface area contributed by atoms with E-state index in [1.54, 1.807) is 11.3 Å². The zero-order valence-electron chi connectivity index (χ0n) is 17.7. The van der Waals surface area contributed by atoms with Crippen molar-refractivity contribution in [3.05, 3.63) is 115 Å². The minimum Gasteiger partial charge on any atom is -0.293 e. The van der Waals surface area contributed by atoms with Gasteiger partial charge in [-0.3, -0.25) is 8.97 Å². The van der Waals surface area contributed by atoms with Crippen molar-refractivity contribution in [2.24, 2.45) is 0 Å². The monoisotopic (exact) mass is 441 g/mol. The number of aromatic nitrogens is 3. The topological polar surface area (TPSA) is 22.2 Å². The van der Waals surface area contributed by atoms with E-state index in [2.05, 4.69) is 118 Å². The van der Waals surface area contributed by atoms with Gasteiger partial charge in [0, 0.05) is 27.9 Å². The largest absolute Gasteiger partial charge is 0.293 e. The second kappa shape index (κ2) is 7.19. The van der Waals surface area contributed by atoms with Crippen molar-refractivity contribution in [3.8, 4) is 28.2 Å². The number of imidazole rings is 1. The summed E-state index contributed by atoms with van der Waals surface area (Å²) >= 11 is 1.66. The maximum Gasteiger partial charge on any atom is 0.195 e. The number of thiazole rings is 1. The molecule has 4 heteroatoms. The SMILES string of the molecule is c1ccc(-c2ccc(-c3nc4sccn4c3-n3c4ccccc4c4ccccc43)cc2)cc1. The average Bonchev–Trinajstić information content (AvgIpc) is 3.57. The molecule has 0 aliphatic heterocycles. The summed E-state index contributed by atoms with van der Waals surface area (Å²) < 4.78 is 4.57. The normalized spacial score (nSPS) is 11.6. The fourth-order valence-corrected chi connectivity index (χ4v) is 5.49. The van der Waals surface area contributed by atoms with Crippen LogP contribution >= 0.6 is 11.3 Å². The standard InChI is InChI=1S/C29H19N3S/c1-2-8-20(9-3-1)21-14-16-22(17-15-21)27-28(31-18-19-33-29(31)30-27)32-25-12-6-4-10-23(25)24-11-5-7-13-26(24)32/h1-19H. The lowest BCUT2D eigenvalue weighted by molar-refractivity contribution is 1.05. The maximum absolute atomic E-state index is 5.08. The molecule has 0 unspecified atom stereocenters. The molecule has 0 spiro atoms. The quantitative estimate of drug-likeness (QED) is 0.274. The zero-order chi connectivity index (χ0) is 21.8. The predicted octanol–water partition coefficient (Wildman–Crippen LogP) is 7.83. The molecule has 0 fully saturated rings. The van der Waals surface area contributed by atoms with Gasteiger partial charge in [0.25, 0.3) is 0 Å². The molecule has 0 saturated carbocycles. The summed E-state index contributed by atoms with van der Waals surface area (Å²) in [5.74, 6) is 1.08. The highest BCUT2D eigenvalue weighted by molar-refractivity contribution is 7.15. The molecule has 3 heterocycles. The van der Waals surface area contributed by atoms with Gasteiger partial charge in [0.2, 0.25) is 0 Å². The highest BCUT2D eigenvalue weighted by Gasteiger charge is 2.21. The van der Waals surface area contributed by atoms with Crippen molar-refractivity contribution in [3.63, 3.8) is 0 Å². The predicted molar refractivity (Wildman–Crippen MR) is 138 cm³/mol. The lowest BCUT2D eigenvalue weighted by atomic mass is 10.0. The molecule has 0 radical (unpaired) electrons. The van der Waals surface area contributed by atoms with E-state index in [-0.39, 0.29) is 0 Å². The Morgan fingerprint density at radius 2 is 1.15 bits per heavy atom. The summed E-state index contributed by atoms with van der Waals surface area (Å²) in [6.45, 7) is 0. The van der Waals surface area contributed by atoms with Gasteiger partial charge in [0.15, 0.2) is 10.8 Å². The van der Waals surface area contributed by atoms with Gasteiger partial charge in [-0.25, -0.2) is 4.98 Å². The average molecular weight is 442 g/mol. The second-order valence-corrected chi connectivity index (χ2v) is 9.03. The molecular weight excluding hydrogens is 422 g/mol. The van der Waals surface area contributed by atoms with E-state index in [0.717, 1.165) is 22.0 Å². The number of fused-ring (bicyclic) bond motifs is 4. The third kappa shape index (κ3) is 2.78. The summed E-state index contributed by atoms with van der Waals surface area (Å²) in [4.78, 5) is 6.07. The highest BCUT2D eigenvalue weighted by atomic mass is 32.1. The summed E-state index contributed by atoms with van der Waals surface area (Å²) in [6, 6.07) is 36.5. The van der Waals surface area contributed by atoms with Crippen LogP contribution in [0.4, 0.5) is 0 Å². The van der Waals surface area contributed by atoms with Gasteiger partial charge in [-0.05, 0) is 23.3 Å². The molecule has 4 aromatic carbocycles. The van der Waals surface area contributed by atoms with Crippen LogP contribution in [0.25, 0.3) is 55.0 Å². The molecule has 0 bridgehead atoms. The van der Waals surface area contributed by atoms with E-state index < -0.39 is 0 Å². The summed E-state index contributed by atoms with van der Waals surface area (Å²) in [6.07, 6.45) is 2.12. The number of rotatable bonds is 3. The van der Waals surface area contributed by atoms with E-state index >= 15 is 0 Å². The van der Waals surface area contributed by atoms with Crippen LogP contribution in [0, 0.1) is 0 Å². The van der Waals surface area contributed by atoms with Crippen LogP contribution in [0.3, 0.4) is 0 Å². The molecule has 0 aliphatic carbocycles. The molecule has 7 rings (SSSR count). The molecule has 0 atom stereocenters. The molecule has 0 saturated heterocycles. The maximum atomic E-state index is 5.08. The molecule has 0 amide bonds. The van der Waals surface area contributed by atoms with Crippen LogP contribution in [0.1, 0.15) is 0 Å². The first-order valence-electron chi connectivity index (χ1n) is 11.0. The van der Waals surface area contributed by atoms with Gasteiger partial charge in [0.1, 0.15) is 5.69 Å². The first kappa shape index (κ1) is 18.4. The summed E-state index contributed by atoms with van der Waals surface area (Å²) in [5, 5.41) is 4.61. The molecule has 33 heavy (non-hydrogen) atoms. The minimum atomic E-state index is 0.993. The molecule has 3 nitrogen and oxygen atoms in total. The number of nitrogens with zero attached hydrogens (tertiary/aromatic N) is 3. The van der Waals surface area contributed by atoms with E-state index in [1.165, 1.54) is 32.9 Å².